The van der Waals surface area contributed by atoms with E-state index in [1.165, 1.54) is 12.1 Å². The Bertz CT molecular complexity index is 793. The quantitative estimate of drug-likeness (QED) is 0.759. The van der Waals surface area contributed by atoms with E-state index < -0.39 is 12.6 Å². The Morgan fingerprint density at radius 2 is 1.71 bits per heavy atom. The third-order valence-corrected chi connectivity index (χ3v) is 4.71. The summed E-state index contributed by atoms with van der Waals surface area (Å²) in [7, 11) is 0. The first-order chi connectivity index (χ1) is 13.6. The Morgan fingerprint density at radius 1 is 1.07 bits per heavy atom. The van der Waals surface area contributed by atoms with E-state index in [4.69, 9.17) is 0 Å². The lowest BCUT2D eigenvalue weighted by molar-refractivity contribution is -0.137. The Hall–Kier alpha value is -3.00. The molecule has 1 aromatic heterocycles. The number of nitrogens with one attached hydrogen (secondary N) is 1. The van der Waals surface area contributed by atoms with Gasteiger partial charge in [-0.3, -0.25) is 14.6 Å². The molecule has 1 aliphatic heterocycles. The smallest absolute Gasteiger partial charge is 0.247 e. The molecule has 2 amide bonds. The van der Waals surface area contributed by atoms with Crippen molar-refractivity contribution in [3.05, 3.63) is 60.2 Å². The zero-order valence-corrected chi connectivity index (χ0v) is 15.4. The van der Waals surface area contributed by atoms with E-state index in [2.05, 4.69) is 15.2 Å². The van der Waals surface area contributed by atoms with Gasteiger partial charge in [-0.15, -0.1) is 0 Å². The highest BCUT2D eigenvalue weighted by atomic mass is 19.1. The highest BCUT2D eigenvalue weighted by Gasteiger charge is 2.28. The number of hydrogen-bond donors (Lipinski definition) is 2. The normalized spacial score (nSPS) is 15.2. The fourth-order valence-electron chi connectivity index (χ4n) is 3.17. The van der Waals surface area contributed by atoms with Crippen LogP contribution in [0.2, 0.25) is 0 Å². The molecule has 8 heteroatoms. The second kappa shape index (κ2) is 9.27. The van der Waals surface area contributed by atoms with Gasteiger partial charge in [-0.05, 0) is 42.0 Å². The molecule has 0 unspecified atom stereocenters. The summed E-state index contributed by atoms with van der Waals surface area (Å²) in [6.45, 7) is 1.67. The molecule has 7 nitrogen and oxygen atoms in total. The first kappa shape index (κ1) is 19.8. The van der Waals surface area contributed by atoms with Crippen LogP contribution in [-0.4, -0.2) is 65.6 Å². The Labute approximate surface area is 162 Å². The molecule has 2 aromatic rings. The summed E-state index contributed by atoms with van der Waals surface area (Å²) >= 11 is 0. The van der Waals surface area contributed by atoms with Crippen LogP contribution in [0, 0.1) is 5.82 Å². The number of carbonyl (C=O) groups excluding carboxylic acids is 2. The van der Waals surface area contributed by atoms with Crippen molar-refractivity contribution >= 4 is 17.5 Å². The van der Waals surface area contributed by atoms with Crippen molar-refractivity contribution in [3.63, 3.8) is 0 Å². The van der Waals surface area contributed by atoms with Crippen LogP contribution < -0.4 is 10.2 Å². The van der Waals surface area contributed by atoms with Crippen molar-refractivity contribution in [1.29, 1.82) is 0 Å². The van der Waals surface area contributed by atoms with E-state index in [0.717, 1.165) is 11.3 Å². The number of hydrogen-bond acceptors (Lipinski definition) is 5. The molecule has 1 saturated heterocycles. The summed E-state index contributed by atoms with van der Waals surface area (Å²) in [4.78, 5) is 32.5. The van der Waals surface area contributed by atoms with Crippen LogP contribution in [0.3, 0.4) is 0 Å². The number of aromatic nitrogens is 1. The average Bonchev–Trinajstić information content (AvgIpc) is 2.73. The van der Waals surface area contributed by atoms with E-state index in [-0.39, 0.29) is 24.1 Å². The molecule has 148 valence electrons. The highest BCUT2D eigenvalue weighted by Crippen LogP contribution is 2.17. The van der Waals surface area contributed by atoms with E-state index in [9.17, 15) is 19.1 Å². The lowest BCUT2D eigenvalue weighted by atomic mass is 10.1. The summed E-state index contributed by atoms with van der Waals surface area (Å²) in [6, 6.07) is 8.73. The molecule has 0 spiro atoms. The van der Waals surface area contributed by atoms with Crippen molar-refractivity contribution in [2.75, 3.05) is 37.7 Å². The number of aliphatic hydroxyl groups is 1. The Balaban J connectivity index is 1.52. The molecule has 28 heavy (non-hydrogen) atoms. The maximum atomic E-state index is 13.1. The van der Waals surface area contributed by atoms with E-state index in [1.54, 1.807) is 41.6 Å². The largest absolute Gasteiger partial charge is 0.394 e. The molecule has 1 fully saturated rings. The topological polar surface area (TPSA) is 85.8 Å². The number of anilines is 1. The lowest BCUT2D eigenvalue weighted by Crippen LogP contribution is -2.56. The van der Waals surface area contributed by atoms with Gasteiger partial charge in [-0.1, -0.05) is 0 Å². The second-order valence-electron chi connectivity index (χ2n) is 6.62. The van der Waals surface area contributed by atoms with Crippen LogP contribution in [0.5, 0.6) is 0 Å². The first-order valence-corrected chi connectivity index (χ1v) is 9.15. The first-order valence-electron chi connectivity index (χ1n) is 9.15. The maximum Gasteiger partial charge on any atom is 0.247 e. The number of nitrogens with zero attached hydrogens (tertiary/aromatic N) is 3. The molecule has 0 radical (unpaired) electrons. The molecule has 3 rings (SSSR count). The van der Waals surface area contributed by atoms with Crippen molar-refractivity contribution in [2.24, 2.45) is 0 Å². The minimum Gasteiger partial charge on any atom is -0.394 e. The van der Waals surface area contributed by atoms with E-state index in [0.29, 0.717) is 26.2 Å². The van der Waals surface area contributed by atoms with Gasteiger partial charge in [-0.25, -0.2) is 4.39 Å². The zero-order valence-electron chi connectivity index (χ0n) is 15.4. The van der Waals surface area contributed by atoms with Gasteiger partial charge in [0.05, 0.1) is 13.0 Å². The van der Waals surface area contributed by atoms with Gasteiger partial charge in [0.1, 0.15) is 11.9 Å². The summed E-state index contributed by atoms with van der Waals surface area (Å²) in [6.07, 6.45) is 3.31. The SMILES string of the molecule is O=C(Cc1ccncc1)N[C@@H](CO)C(=O)N1CCN(c2ccc(F)cc2)CC1. The van der Waals surface area contributed by atoms with E-state index >= 15 is 0 Å². The zero-order chi connectivity index (χ0) is 19.9. The van der Waals surface area contributed by atoms with Gasteiger partial charge in [0.2, 0.25) is 11.8 Å². The summed E-state index contributed by atoms with van der Waals surface area (Å²) < 4.78 is 13.1. The molecule has 1 aliphatic rings. The molecule has 2 heterocycles. The molecular formula is C20H23FN4O3. The number of aliphatic hydroxyl groups excluding tert-OH is 1. The minimum absolute atomic E-state index is 0.116. The minimum atomic E-state index is -0.966. The van der Waals surface area contributed by atoms with Crippen LogP contribution in [0.1, 0.15) is 5.56 Å². The van der Waals surface area contributed by atoms with Crippen LogP contribution >= 0.6 is 0 Å². The maximum absolute atomic E-state index is 13.1. The van der Waals surface area contributed by atoms with E-state index in [1.807, 2.05) is 0 Å². The molecule has 2 N–H and O–H groups in total. The lowest BCUT2D eigenvalue weighted by Gasteiger charge is -2.37. The number of amides is 2. The Kier molecular flexibility index (Phi) is 6.54. The third kappa shape index (κ3) is 5.04. The number of pyridine rings is 1. The van der Waals surface area contributed by atoms with Gasteiger partial charge >= 0.3 is 0 Å². The molecule has 1 atom stereocenters. The Morgan fingerprint density at radius 3 is 2.32 bits per heavy atom. The second-order valence-corrected chi connectivity index (χ2v) is 6.62. The van der Waals surface area contributed by atoms with Crippen molar-refractivity contribution in [2.45, 2.75) is 12.5 Å². The number of piperazine rings is 1. The monoisotopic (exact) mass is 386 g/mol. The molecule has 1 aromatic carbocycles. The van der Waals surface area contributed by atoms with Gasteiger partial charge < -0.3 is 20.2 Å². The van der Waals surface area contributed by atoms with Crippen molar-refractivity contribution in [3.8, 4) is 0 Å². The number of halogens is 1. The number of carbonyl (C=O) groups is 2. The molecular weight excluding hydrogens is 363 g/mol. The van der Waals surface area contributed by atoms with Gasteiger partial charge in [0.15, 0.2) is 0 Å². The molecule has 0 saturated carbocycles. The molecule has 0 aliphatic carbocycles. The fraction of sp³-hybridized carbons (Fsp3) is 0.350. The van der Waals surface area contributed by atoms with Crippen molar-refractivity contribution < 1.29 is 19.1 Å². The summed E-state index contributed by atoms with van der Waals surface area (Å²) in [5, 5.41) is 12.2. The number of benzene rings is 1. The van der Waals surface area contributed by atoms with Gasteiger partial charge in [0, 0.05) is 44.3 Å². The standard InChI is InChI=1S/C20H23FN4O3/c21-16-1-3-17(4-2-16)24-9-11-25(12-10-24)20(28)18(14-26)23-19(27)13-15-5-7-22-8-6-15/h1-8,18,26H,9-14H2,(H,23,27)/t18-/m0/s1. The summed E-state index contributed by atoms with van der Waals surface area (Å²) in [5.41, 5.74) is 1.68. The van der Waals surface area contributed by atoms with Crippen molar-refractivity contribution in [1.82, 2.24) is 15.2 Å². The molecule has 0 bridgehead atoms. The predicted octanol–water partition coefficient (Wildman–Crippen LogP) is 0.589. The van der Waals surface area contributed by atoms with Gasteiger partial charge in [0.25, 0.3) is 0 Å². The van der Waals surface area contributed by atoms with Gasteiger partial charge in [-0.2, -0.15) is 0 Å². The summed E-state index contributed by atoms with van der Waals surface area (Å²) in [5.74, 6) is -0.918. The van der Waals surface area contributed by atoms with Crippen LogP contribution in [0.25, 0.3) is 0 Å². The van der Waals surface area contributed by atoms with Crippen LogP contribution in [0.15, 0.2) is 48.8 Å². The average molecular weight is 386 g/mol. The van der Waals surface area contributed by atoms with Crippen LogP contribution in [-0.2, 0) is 16.0 Å². The highest BCUT2D eigenvalue weighted by molar-refractivity contribution is 5.88. The number of rotatable bonds is 6. The fourth-order valence-corrected chi connectivity index (χ4v) is 3.17. The predicted molar refractivity (Wildman–Crippen MR) is 102 cm³/mol. The van der Waals surface area contributed by atoms with Crippen LogP contribution in [0.4, 0.5) is 10.1 Å². The third-order valence-electron chi connectivity index (χ3n) is 4.71.